The molecule has 0 amide bonds. The van der Waals surface area contributed by atoms with Crippen LogP contribution in [0.4, 0.5) is 0 Å². The summed E-state index contributed by atoms with van der Waals surface area (Å²) in [5, 5.41) is 0. The fourth-order valence-corrected chi connectivity index (χ4v) is 1.85. The Labute approximate surface area is 91.6 Å². The van der Waals surface area contributed by atoms with Crippen LogP contribution >= 0.6 is 0 Å². The average Bonchev–Trinajstić information content (AvgIpc) is 2.23. The fourth-order valence-electron chi connectivity index (χ4n) is 1.85. The van der Waals surface area contributed by atoms with E-state index in [1.807, 2.05) is 6.92 Å². The summed E-state index contributed by atoms with van der Waals surface area (Å²) in [5.74, 6) is 0.442. The Morgan fingerprint density at radius 2 is 2.07 bits per heavy atom. The van der Waals surface area contributed by atoms with Crippen LogP contribution in [0.3, 0.4) is 0 Å². The SMILES string of the molecule is C=C(C)c1ccc2c(c1)C(=C)C(C)C=C2. The van der Waals surface area contributed by atoms with Crippen LogP contribution in [0.25, 0.3) is 17.2 Å². The van der Waals surface area contributed by atoms with Gasteiger partial charge < -0.3 is 0 Å². The van der Waals surface area contributed by atoms with Gasteiger partial charge in [0.15, 0.2) is 0 Å². The molecule has 1 aromatic carbocycles. The highest BCUT2D eigenvalue weighted by Crippen LogP contribution is 2.33. The third-order valence-corrected chi connectivity index (χ3v) is 3.01. The van der Waals surface area contributed by atoms with E-state index in [-0.39, 0.29) is 0 Å². The van der Waals surface area contributed by atoms with Crippen LogP contribution < -0.4 is 0 Å². The number of hydrogen-bond acceptors (Lipinski definition) is 0. The predicted octanol–water partition coefficient (Wildman–Crippen LogP) is 4.40. The average molecular weight is 196 g/mol. The van der Waals surface area contributed by atoms with Gasteiger partial charge in [-0.1, -0.05) is 49.9 Å². The molecule has 0 saturated heterocycles. The summed E-state index contributed by atoms with van der Waals surface area (Å²) in [6.07, 6.45) is 4.38. The number of hydrogen-bond donors (Lipinski definition) is 0. The second kappa shape index (κ2) is 3.54. The van der Waals surface area contributed by atoms with Crippen molar-refractivity contribution < 1.29 is 0 Å². The third-order valence-electron chi connectivity index (χ3n) is 3.01. The topological polar surface area (TPSA) is 0 Å². The predicted molar refractivity (Wildman–Crippen MR) is 68.4 cm³/mol. The number of rotatable bonds is 1. The van der Waals surface area contributed by atoms with Gasteiger partial charge in [-0.3, -0.25) is 0 Å². The van der Waals surface area contributed by atoms with E-state index in [2.05, 4.69) is 50.4 Å². The molecule has 0 saturated carbocycles. The normalized spacial score (nSPS) is 18.8. The van der Waals surface area contributed by atoms with E-state index >= 15 is 0 Å². The summed E-state index contributed by atoms with van der Waals surface area (Å²) in [5.41, 5.74) is 6.05. The van der Waals surface area contributed by atoms with Gasteiger partial charge in [-0.15, -0.1) is 0 Å². The smallest absolute Gasteiger partial charge is 0.000682 e. The molecule has 1 aromatic rings. The van der Waals surface area contributed by atoms with Crippen molar-refractivity contribution in [3.63, 3.8) is 0 Å². The van der Waals surface area contributed by atoms with Gasteiger partial charge in [-0.05, 0) is 41.2 Å². The molecule has 1 aliphatic carbocycles. The van der Waals surface area contributed by atoms with Crippen LogP contribution in [0.15, 0.2) is 37.4 Å². The van der Waals surface area contributed by atoms with Gasteiger partial charge in [0.1, 0.15) is 0 Å². The first-order chi connectivity index (χ1) is 7.09. The Morgan fingerprint density at radius 3 is 2.73 bits per heavy atom. The molecular formula is C15H16. The molecule has 0 aliphatic heterocycles. The molecule has 0 N–H and O–H groups in total. The van der Waals surface area contributed by atoms with Crippen molar-refractivity contribution in [3.8, 4) is 0 Å². The molecule has 0 radical (unpaired) electrons. The fraction of sp³-hybridized carbons (Fsp3) is 0.200. The van der Waals surface area contributed by atoms with Crippen LogP contribution in [0, 0.1) is 5.92 Å². The maximum absolute atomic E-state index is 4.16. The zero-order valence-corrected chi connectivity index (χ0v) is 9.38. The summed E-state index contributed by atoms with van der Waals surface area (Å²) in [6, 6.07) is 6.46. The van der Waals surface area contributed by atoms with Gasteiger partial charge in [-0.2, -0.15) is 0 Å². The van der Waals surface area contributed by atoms with E-state index in [0.717, 1.165) is 5.57 Å². The largest absolute Gasteiger partial charge is 0.0955 e. The summed E-state index contributed by atoms with van der Waals surface area (Å²) in [7, 11) is 0. The van der Waals surface area contributed by atoms with E-state index in [9.17, 15) is 0 Å². The molecule has 0 spiro atoms. The van der Waals surface area contributed by atoms with Gasteiger partial charge in [0.2, 0.25) is 0 Å². The monoisotopic (exact) mass is 196 g/mol. The summed E-state index contributed by atoms with van der Waals surface area (Å²) < 4.78 is 0. The van der Waals surface area contributed by atoms with Crippen molar-refractivity contribution >= 4 is 17.2 Å². The molecule has 0 nitrogen and oxygen atoms in total. The van der Waals surface area contributed by atoms with Gasteiger partial charge in [0.25, 0.3) is 0 Å². The second-order valence-electron chi connectivity index (χ2n) is 4.26. The van der Waals surface area contributed by atoms with Gasteiger partial charge >= 0.3 is 0 Å². The van der Waals surface area contributed by atoms with Crippen LogP contribution in [0.2, 0.25) is 0 Å². The van der Waals surface area contributed by atoms with Crippen LogP contribution in [-0.4, -0.2) is 0 Å². The first-order valence-electron chi connectivity index (χ1n) is 5.27. The molecule has 76 valence electrons. The molecule has 15 heavy (non-hydrogen) atoms. The van der Waals surface area contributed by atoms with E-state index in [1.165, 1.54) is 22.3 Å². The Bertz CT molecular complexity index is 461. The van der Waals surface area contributed by atoms with Crippen LogP contribution in [0.1, 0.15) is 30.5 Å². The molecule has 1 atom stereocenters. The summed E-state index contributed by atoms with van der Waals surface area (Å²) in [6.45, 7) is 12.3. The lowest BCUT2D eigenvalue weighted by molar-refractivity contribution is 0.963. The van der Waals surface area contributed by atoms with Crippen LogP contribution in [-0.2, 0) is 0 Å². The molecule has 2 rings (SSSR count). The minimum Gasteiger partial charge on any atom is -0.0955 e. The maximum atomic E-state index is 4.16. The second-order valence-corrected chi connectivity index (χ2v) is 4.26. The van der Waals surface area contributed by atoms with Crippen molar-refractivity contribution in [2.75, 3.05) is 0 Å². The maximum Gasteiger partial charge on any atom is -0.000682 e. The van der Waals surface area contributed by atoms with Crippen molar-refractivity contribution in [1.29, 1.82) is 0 Å². The lowest BCUT2D eigenvalue weighted by Crippen LogP contribution is -2.01. The van der Waals surface area contributed by atoms with Crippen molar-refractivity contribution in [2.24, 2.45) is 5.92 Å². The van der Waals surface area contributed by atoms with Gasteiger partial charge in [0, 0.05) is 0 Å². The molecule has 0 bridgehead atoms. The van der Waals surface area contributed by atoms with Crippen LogP contribution in [0.5, 0.6) is 0 Å². The molecule has 1 aliphatic rings. The summed E-state index contributed by atoms with van der Waals surface area (Å²) >= 11 is 0. The lowest BCUT2D eigenvalue weighted by Gasteiger charge is -2.19. The molecule has 0 aromatic heterocycles. The highest BCUT2D eigenvalue weighted by Gasteiger charge is 2.14. The molecule has 0 fully saturated rings. The lowest BCUT2D eigenvalue weighted by atomic mass is 9.85. The number of allylic oxidation sites excluding steroid dienone is 3. The van der Waals surface area contributed by atoms with E-state index in [1.54, 1.807) is 0 Å². The Hall–Kier alpha value is -1.56. The zero-order chi connectivity index (χ0) is 11.0. The van der Waals surface area contributed by atoms with E-state index in [4.69, 9.17) is 0 Å². The first kappa shape index (κ1) is 9.97. The molecule has 0 heterocycles. The summed E-state index contributed by atoms with van der Waals surface area (Å²) in [4.78, 5) is 0. The molecular weight excluding hydrogens is 180 g/mol. The molecule has 0 heteroatoms. The van der Waals surface area contributed by atoms with E-state index in [0.29, 0.717) is 5.92 Å². The van der Waals surface area contributed by atoms with Crippen molar-refractivity contribution in [1.82, 2.24) is 0 Å². The minimum absolute atomic E-state index is 0.442. The third kappa shape index (κ3) is 1.68. The van der Waals surface area contributed by atoms with E-state index < -0.39 is 0 Å². The van der Waals surface area contributed by atoms with Crippen molar-refractivity contribution in [2.45, 2.75) is 13.8 Å². The Morgan fingerprint density at radius 1 is 1.33 bits per heavy atom. The highest BCUT2D eigenvalue weighted by atomic mass is 14.2. The van der Waals surface area contributed by atoms with Gasteiger partial charge in [0.05, 0.1) is 0 Å². The zero-order valence-electron chi connectivity index (χ0n) is 9.38. The quantitative estimate of drug-likeness (QED) is 0.624. The first-order valence-corrected chi connectivity index (χ1v) is 5.27. The Kier molecular flexibility index (Phi) is 2.36. The number of benzene rings is 1. The molecule has 1 unspecified atom stereocenters. The standard InChI is InChI=1S/C15H16/c1-10(2)14-8-7-13-6-5-11(3)12(4)15(13)9-14/h5-9,11H,1,4H2,2-3H3. The minimum atomic E-state index is 0.442. The Balaban J connectivity index is 2.57. The number of fused-ring (bicyclic) bond motifs is 1. The van der Waals surface area contributed by atoms with Crippen molar-refractivity contribution in [3.05, 3.63) is 54.1 Å². The highest BCUT2D eigenvalue weighted by molar-refractivity contribution is 5.81. The van der Waals surface area contributed by atoms with Gasteiger partial charge in [-0.25, -0.2) is 0 Å².